The van der Waals surface area contributed by atoms with Gasteiger partial charge in [0.15, 0.2) is 5.96 Å². The van der Waals surface area contributed by atoms with Gasteiger partial charge in [0.1, 0.15) is 0 Å². The molecule has 0 bridgehead atoms. The Labute approximate surface area is 92.5 Å². The number of guanidine groups is 1. The van der Waals surface area contributed by atoms with E-state index in [0.717, 1.165) is 25.7 Å². The number of unbranched alkanes of at least 4 members (excludes halogenated alkanes) is 1. The van der Waals surface area contributed by atoms with Crippen LogP contribution in [0, 0.1) is 0 Å². The van der Waals surface area contributed by atoms with E-state index in [2.05, 4.69) is 22.5 Å². The Hall–Kier alpha value is -0.770. The molecule has 1 rings (SSSR count). The summed E-state index contributed by atoms with van der Waals surface area (Å²) < 4.78 is 5.53. The Morgan fingerprint density at radius 3 is 2.93 bits per heavy atom. The Morgan fingerprint density at radius 2 is 2.33 bits per heavy atom. The van der Waals surface area contributed by atoms with Crippen LogP contribution in [0.1, 0.15) is 32.6 Å². The Balaban J connectivity index is 2.10. The first kappa shape index (κ1) is 12.3. The Kier molecular flexibility index (Phi) is 6.16. The van der Waals surface area contributed by atoms with Gasteiger partial charge in [-0.3, -0.25) is 4.99 Å². The predicted molar refractivity (Wildman–Crippen MR) is 63.2 cm³/mol. The molecule has 0 spiro atoms. The fourth-order valence-electron chi connectivity index (χ4n) is 1.62. The predicted octanol–water partition coefficient (Wildman–Crippen LogP) is 1.13. The molecule has 4 heteroatoms. The zero-order chi connectivity index (χ0) is 10.9. The van der Waals surface area contributed by atoms with Gasteiger partial charge < -0.3 is 15.4 Å². The highest BCUT2D eigenvalue weighted by Gasteiger charge is 2.15. The average molecular weight is 213 g/mol. The normalized spacial score (nSPS) is 21.7. The van der Waals surface area contributed by atoms with Gasteiger partial charge >= 0.3 is 0 Å². The SMILES string of the molecule is CCCCNC(=NC)NCC1CCCO1. The molecule has 15 heavy (non-hydrogen) atoms. The highest BCUT2D eigenvalue weighted by molar-refractivity contribution is 5.79. The second-order valence-electron chi connectivity index (χ2n) is 3.87. The smallest absolute Gasteiger partial charge is 0.191 e. The molecule has 1 atom stereocenters. The van der Waals surface area contributed by atoms with Crippen LogP contribution >= 0.6 is 0 Å². The monoisotopic (exact) mass is 213 g/mol. The maximum Gasteiger partial charge on any atom is 0.191 e. The summed E-state index contributed by atoms with van der Waals surface area (Å²) in [7, 11) is 1.80. The van der Waals surface area contributed by atoms with Crippen LogP contribution in [0.5, 0.6) is 0 Å². The molecule has 1 aliphatic heterocycles. The second-order valence-corrected chi connectivity index (χ2v) is 3.87. The van der Waals surface area contributed by atoms with Gasteiger partial charge in [-0.05, 0) is 19.3 Å². The molecule has 2 N–H and O–H groups in total. The summed E-state index contributed by atoms with van der Waals surface area (Å²) in [6.07, 6.45) is 5.11. The van der Waals surface area contributed by atoms with Crippen LogP contribution in [0.25, 0.3) is 0 Å². The van der Waals surface area contributed by atoms with Crippen LogP contribution in [-0.4, -0.2) is 38.8 Å². The lowest BCUT2D eigenvalue weighted by Crippen LogP contribution is -2.41. The summed E-state index contributed by atoms with van der Waals surface area (Å²) in [5, 5.41) is 6.56. The van der Waals surface area contributed by atoms with Crippen molar-refractivity contribution in [1.82, 2.24) is 10.6 Å². The standard InChI is InChI=1S/C11H23N3O/c1-3-4-7-13-11(12-2)14-9-10-6-5-8-15-10/h10H,3-9H2,1-2H3,(H2,12,13,14). The lowest BCUT2D eigenvalue weighted by Gasteiger charge is -2.14. The number of nitrogens with one attached hydrogen (secondary N) is 2. The van der Waals surface area contributed by atoms with Crippen LogP contribution in [-0.2, 0) is 4.74 Å². The van der Waals surface area contributed by atoms with Gasteiger partial charge in [0, 0.05) is 26.7 Å². The number of hydrogen-bond donors (Lipinski definition) is 2. The molecule has 1 unspecified atom stereocenters. The van der Waals surface area contributed by atoms with Crippen molar-refractivity contribution in [3.8, 4) is 0 Å². The van der Waals surface area contributed by atoms with Gasteiger partial charge in [0.25, 0.3) is 0 Å². The van der Waals surface area contributed by atoms with Crippen LogP contribution in [0.3, 0.4) is 0 Å². The maximum absolute atomic E-state index is 5.53. The first-order valence-electron chi connectivity index (χ1n) is 5.93. The fourth-order valence-corrected chi connectivity index (χ4v) is 1.62. The minimum absolute atomic E-state index is 0.370. The van der Waals surface area contributed by atoms with Crippen LogP contribution < -0.4 is 10.6 Å². The molecule has 0 aromatic carbocycles. The maximum atomic E-state index is 5.53. The van der Waals surface area contributed by atoms with Gasteiger partial charge in [0.05, 0.1) is 6.10 Å². The topological polar surface area (TPSA) is 45.7 Å². The largest absolute Gasteiger partial charge is 0.376 e. The summed E-state index contributed by atoms with van der Waals surface area (Å²) in [5.41, 5.74) is 0. The lowest BCUT2D eigenvalue weighted by molar-refractivity contribution is 0.114. The molecule has 0 aliphatic carbocycles. The molecule has 0 aromatic heterocycles. The highest BCUT2D eigenvalue weighted by atomic mass is 16.5. The van der Waals surface area contributed by atoms with Crippen LogP contribution in [0.15, 0.2) is 4.99 Å². The number of rotatable bonds is 5. The Bertz CT molecular complexity index is 188. The molecule has 0 aromatic rings. The van der Waals surface area contributed by atoms with E-state index in [1.165, 1.54) is 25.7 Å². The number of ether oxygens (including phenoxy) is 1. The molecule has 88 valence electrons. The van der Waals surface area contributed by atoms with E-state index in [1.54, 1.807) is 7.05 Å². The van der Waals surface area contributed by atoms with Crippen molar-refractivity contribution in [1.29, 1.82) is 0 Å². The van der Waals surface area contributed by atoms with E-state index in [4.69, 9.17) is 4.74 Å². The number of hydrogen-bond acceptors (Lipinski definition) is 2. The van der Waals surface area contributed by atoms with Crippen molar-refractivity contribution in [3.05, 3.63) is 0 Å². The van der Waals surface area contributed by atoms with Gasteiger partial charge in [-0.15, -0.1) is 0 Å². The van der Waals surface area contributed by atoms with Gasteiger partial charge in [-0.2, -0.15) is 0 Å². The molecule has 1 aliphatic rings. The van der Waals surface area contributed by atoms with Crippen molar-refractivity contribution in [3.63, 3.8) is 0 Å². The van der Waals surface area contributed by atoms with E-state index in [9.17, 15) is 0 Å². The average Bonchev–Trinajstić information content (AvgIpc) is 2.76. The van der Waals surface area contributed by atoms with Gasteiger partial charge in [-0.25, -0.2) is 0 Å². The van der Waals surface area contributed by atoms with Crippen molar-refractivity contribution in [2.75, 3.05) is 26.7 Å². The summed E-state index contributed by atoms with van der Waals surface area (Å²) in [6.45, 7) is 4.95. The molecular formula is C11H23N3O. The minimum atomic E-state index is 0.370. The van der Waals surface area contributed by atoms with Crippen molar-refractivity contribution < 1.29 is 4.74 Å². The van der Waals surface area contributed by atoms with E-state index in [-0.39, 0.29) is 0 Å². The molecule has 1 saturated heterocycles. The zero-order valence-corrected chi connectivity index (χ0v) is 9.88. The van der Waals surface area contributed by atoms with Crippen LogP contribution in [0.2, 0.25) is 0 Å². The van der Waals surface area contributed by atoms with Crippen LogP contribution in [0.4, 0.5) is 0 Å². The first-order valence-corrected chi connectivity index (χ1v) is 5.93. The molecule has 0 amide bonds. The third-order valence-electron chi connectivity index (χ3n) is 2.57. The first-order chi connectivity index (χ1) is 7.36. The van der Waals surface area contributed by atoms with Gasteiger partial charge in [0.2, 0.25) is 0 Å². The van der Waals surface area contributed by atoms with Crippen molar-refractivity contribution in [2.45, 2.75) is 38.7 Å². The quantitative estimate of drug-likeness (QED) is 0.409. The van der Waals surface area contributed by atoms with E-state index < -0.39 is 0 Å². The molecule has 1 fully saturated rings. The number of nitrogens with zero attached hydrogens (tertiary/aromatic N) is 1. The second kappa shape index (κ2) is 7.51. The van der Waals surface area contributed by atoms with E-state index in [1.807, 2.05) is 0 Å². The third kappa shape index (κ3) is 5.02. The molecule has 0 radical (unpaired) electrons. The number of aliphatic imine (C=N–C) groups is 1. The molecular weight excluding hydrogens is 190 g/mol. The molecule has 0 saturated carbocycles. The Morgan fingerprint density at radius 1 is 1.47 bits per heavy atom. The van der Waals surface area contributed by atoms with E-state index >= 15 is 0 Å². The summed E-state index contributed by atoms with van der Waals surface area (Å²) >= 11 is 0. The van der Waals surface area contributed by atoms with E-state index in [0.29, 0.717) is 6.10 Å². The van der Waals surface area contributed by atoms with Gasteiger partial charge in [-0.1, -0.05) is 13.3 Å². The third-order valence-corrected chi connectivity index (χ3v) is 2.57. The summed E-state index contributed by atoms with van der Waals surface area (Å²) in [4.78, 5) is 4.16. The summed E-state index contributed by atoms with van der Waals surface area (Å²) in [5.74, 6) is 0.888. The van der Waals surface area contributed by atoms with Crippen molar-refractivity contribution >= 4 is 5.96 Å². The minimum Gasteiger partial charge on any atom is -0.376 e. The highest BCUT2D eigenvalue weighted by Crippen LogP contribution is 2.10. The van der Waals surface area contributed by atoms with Crippen molar-refractivity contribution in [2.24, 2.45) is 4.99 Å². The molecule has 1 heterocycles. The molecule has 4 nitrogen and oxygen atoms in total. The summed E-state index contributed by atoms with van der Waals surface area (Å²) in [6, 6.07) is 0. The lowest BCUT2D eigenvalue weighted by atomic mass is 10.2. The zero-order valence-electron chi connectivity index (χ0n) is 9.88. The fraction of sp³-hybridized carbons (Fsp3) is 0.909.